The number of para-hydroxylation sites is 1. The van der Waals surface area contributed by atoms with Crippen LogP contribution in [0.1, 0.15) is 0 Å². The monoisotopic (exact) mass is 339 g/mol. The van der Waals surface area contributed by atoms with Crippen molar-refractivity contribution in [2.45, 2.75) is 19.6 Å². The van der Waals surface area contributed by atoms with Crippen LogP contribution in [-0.4, -0.2) is 56.5 Å². The van der Waals surface area contributed by atoms with Crippen molar-refractivity contribution in [3.8, 4) is 0 Å². The molecule has 0 bridgehead atoms. The third-order valence-electron chi connectivity index (χ3n) is 2.87. The lowest BCUT2D eigenvalue weighted by molar-refractivity contribution is 0.500. The Balaban J connectivity index is 3.23. The van der Waals surface area contributed by atoms with Crippen molar-refractivity contribution in [1.29, 1.82) is 0 Å². The molecular formula is C15H26N3PSSi. The van der Waals surface area contributed by atoms with Crippen LogP contribution in [0.25, 0.3) is 0 Å². The zero-order chi connectivity index (χ0) is 16.2. The molecule has 0 heterocycles. The standard InChI is InChI=1S/C15H26N3PSSi/c1-16(2)14(17(3)4)19-15(20)18(21(5,6)7)13-11-9-8-10-12-13/h8-12H,1-7H3. The maximum Gasteiger partial charge on any atom is 0.155 e. The topological polar surface area (TPSA) is 9.72 Å². The Morgan fingerprint density at radius 3 is 1.81 bits per heavy atom. The highest BCUT2D eigenvalue weighted by Gasteiger charge is 2.27. The van der Waals surface area contributed by atoms with E-state index in [-0.39, 0.29) is 0 Å². The second kappa shape index (κ2) is 7.61. The number of nitrogens with zero attached hydrogens (tertiary/aromatic N) is 3. The molecule has 1 aromatic rings. The maximum absolute atomic E-state index is 5.79. The second-order valence-corrected chi connectivity index (χ2v) is 12.9. The predicted octanol–water partition coefficient (Wildman–Crippen LogP) is 3.77. The summed E-state index contributed by atoms with van der Waals surface area (Å²) in [6.07, 6.45) is 0. The van der Waals surface area contributed by atoms with Gasteiger partial charge < -0.3 is 4.57 Å². The highest BCUT2D eigenvalue weighted by atomic mass is 32.1. The van der Waals surface area contributed by atoms with Crippen molar-refractivity contribution in [2.24, 2.45) is 0 Å². The lowest BCUT2D eigenvalue weighted by atomic mass is 10.3. The number of thiocarbonyl (C=S) groups is 1. The van der Waals surface area contributed by atoms with E-state index in [1.807, 2.05) is 6.07 Å². The average Bonchev–Trinajstić information content (AvgIpc) is 2.35. The van der Waals surface area contributed by atoms with E-state index >= 15 is 0 Å². The van der Waals surface area contributed by atoms with Gasteiger partial charge in [-0.25, -0.2) is 0 Å². The molecular weight excluding hydrogens is 313 g/mol. The molecule has 0 aromatic heterocycles. The first-order valence-corrected chi connectivity index (χ1v) is 11.7. The minimum atomic E-state index is -1.59. The predicted molar refractivity (Wildman–Crippen MR) is 104 cm³/mol. The highest BCUT2D eigenvalue weighted by molar-refractivity contribution is 7.93. The van der Waals surface area contributed by atoms with Gasteiger partial charge in [0.1, 0.15) is 4.73 Å². The summed E-state index contributed by atoms with van der Waals surface area (Å²) in [6, 6.07) is 10.5. The zero-order valence-corrected chi connectivity index (χ0v) is 16.8. The van der Waals surface area contributed by atoms with Crippen LogP contribution in [-0.2, 0) is 0 Å². The maximum atomic E-state index is 5.79. The van der Waals surface area contributed by atoms with E-state index in [0.29, 0.717) is 0 Å². The van der Waals surface area contributed by atoms with E-state index in [9.17, 15) is 0 Å². The lowest BCUT2D eigenvalue weighted by Gasteiger charge is -2.36. The Labute approximate surface area is 137 Å². The molecule has 0 aliphatic carbocycles. The number of hydrogen-bond donors (Lipinski definition) is 0. The molecule has 1 rings (SSSR count). The average molecular weight is 340 g/mol. The lowest BCUT2D eigenvalue weighted by Crippen LogP contribution is -2.48. The molecule has 0 saturated heterocycles. The van der Waals surface area contributed by atoms with Crippen LogP contribution >= 0.6 is 20.4 Å². The Morgan fingerprint density at radius 1 is 0.952 bits per heavy atom. The van der Waals surface area contributed by atoms with Gasteiger partial charge in [0.25, 0.3) is 0 Å². The third kappa shape index (κ3) is 5.27. The van der Waals surface area contributed by atoms with Gasteiger partial charge in [0.05, 0.1) is 5.54 Å². The van der Waals surface area contributed by atoms with Gasteiger partial charge in [-0.05, 0) is 48.5 Å². The molecule has 0 N–H and O–H groups in total. The number of hydrogen-bond acceptors (Lipinski definition) is 1. The number of anilines is 1. The first-order valence-electron chi connectivity index (χ1n) is 6.97. The van der Waals surface area contributed by atoms with E-state index in [0.717, 1.165) is 12.9 Å². The van der Waals surface area contributed by atoms with E-state index in [1.165, 1.54) is 11.2 Å². The fourth-order valence-corrected chi connectivity index (χ4v) is 6.60. The fourth-order valence-electron chi connectivity index (χ4n) is 2.10. The summed E-state index contributed by atoms with van der Waals surface area (Å²) < 4.78 is 3.34. The van der Waals surface area contributed by atoms with E-state index in [2.05, 4.69) is 86.5 Å². The minimum Gasteiger partial charge on any atom is -0.357 e. The fraction of sp³-hybridized carbons (Fsp3) is 0.467. The third-order valence-corrected chi connectivity index (χ3v) is 6.89. The molecule has 0 spiro atoms. The summed E-state index contributed by atoms with van der Waals surface area (Å²) in [5.41, 5.74) is 2.39. The Hall–Kier alpha value is -0.583. The van der Waals surface area contributed by atoms with Crippen molar-refractivity contribution in [2.75, 3.05) is 32.8 Å². The summed E-state index contributed by atoms with van der Waals surface area (Å²) in [5, 5.41) is 0. The molecule has 116 valence electrons. The largest absolute Gasteiger partial charge is 0.357 e. The molecule has 0 aliphatic heterocycles. The number of benzene rings is 1. The Bertz CT molecular complexity index is 499. The van der Waals surface area contributed by atoms with Crippen LogP contribution in [0.3, 0.4) is 0 Å². The van der Waals surface area contributed by atoms with Gasteiger partial charge in [0.2, 0.25) is 0 Å². The first-order chi connectivity index (χ1) is 9.64. The molecule has 1 aromatic carbocycles. The van der Waals surface area contributed by atoms with Gasteiger partial charge in [-0.3, -0.25) is 9.80 Å². The quantitative estimate of drug-likeness (QED) is 0.459. The van der Waals surface area contributed by atoms with Crippen LogP contribution in [0.2, 0.25) is 19.6 Å². The van der Waals surface area contributed by atoms with Crippen molar-refractivity contribution >= 4 is 44.6 Å². The summed E-state index contributed by atoms with van der Waals surface area (Å²) >= 11 is 5.79. The van der Waals surface area contributed by atoms with Crippen LogP contribution in [0.4, 0.5) is 5.69 Å². The van der Waals surface area contributed by atoms with Crippen LogP contribution in [0.5, 0.6) is 0 Å². The Kier molecular flexibility index (Phi) is 6.69. The van der Waals surface area contributed by atoms with Gasteiger partial charge in [0.15, 0.2) is 8.24 Å². The Morgan fingerprint density at radius 2 is 1.43 bits per heavy atom. The minimum absolute atomic E-state index is 0.970. The van der Waals surface area contributed by atoms with Gasteiger partial charge in [-0.15, -0.1) is 0 Å². The summed E-state index contributed by atoms with van der Waals surface area (Å²) in [7, 11) is 7.73. The van der Waals surface area contributed by atoms with E-state index < -0.39 is 8.24 Å². The van der Waals surface area contributed by atoms with Crippen LogP contribution < -0.4 is 4.57 Å². The first kappa shape index (κ1) is 18.5. The smallest absolute Gasteiger partial charge is 0.155 e. The van der Waals surface area contributed by atoms with Gasteiger partial charge >= 0.3 is 0 Å². The summed E-state index contributed by atoms with van der Waals surface area (Å²) in [6.45, 7) is 6.98. The van der Waals surface area contributed by atoms with Crippen molar-refractivity contribution < 1.29 is 0 Å². The van der Waals surface area contributed by atoms with E-state index in [4.69, 9.17) is 12.2 Å². The molecule has 0 fully saturated rings. The summed E-state index contributed by atoms with van der Waals surface area (Å²) in [4.78, 5) is 4.25. The molecule has 3 nitrogen and oxygen atoms in total. The van der Waals surface area contributed by atoms with Crippen molar-refractivity contribution in [3.63, 3.8) is 0 Å². The van der Waals surface area contributed by atoms with Crippen molar-refractivity contribution in [1.82, 2.24) is 9.80 Å². The second-order valence-electron chi connectivity index (χ2n) is 6.33. The molecule has 0 amide bonds. The van der Waals surface area contributed by atoms with Crippen LogP contribution in [0, 0.1) is 0 Å². The molecule has 0 unspecified atom stereocenters. The van der Waals surface area contributed by atoms with Crippen molar-refractivity contribution in [3.05, 3.63) is 30.3 Å². The summed E-state index contributed by atoms with van der Waals surface area (Å²) in [5.74, 6) is 0. The SMILES string of the molecule is CN(C)C(=PC(=S)N(c1ccccc1)[Si](C)(C)C)N(C)C. The molecule has 0 radical (unpaired) electrons. The zero-order valence-electron chi connectivity index (χ0n) is 14.1. The molecule has 0 aliphatic rings. The highest BCUT2D eigenvalue weighted by Crippen LogP contribution is 2.26. The molecule has 0 atom stereocenters. The normalized spacial score (nSPS) is 12.0. The molecule has 21 heavy (non-hydrogen) atoms. The molecule has 0 saturated carbocycles. The van der Waals surface area contributed by atoms with Crippen LogP contribution in [0.15, 0.2) is 30.3 Å². The van der Waals surface area contributed by atoms with Gasteiger partial charge in [0, 0.05) is 5.69 Å². The van der Waals surface area contributed by atoms with Gasteiger partial charge in [-0.1, -0.05) is 50.1 Å². The number of rotatable bonds is 5. The van der Waals surface area contributed by atoms with Gasteiger partial charge in [-0.2, -0.15) is 0 Å². The molecule has 6 heteroatoms. The van der Waals surface area contributed by atoms with E-state index in [1.54, 1.807) is 0 Å².